The molecule has 0 amide bonds. The summed E-state index contributed by atoms with van der Waals surface area (Å²) in [6.45, 7) is 11.2. The number of ether oxygens (including phenoxy) is 1. The molecule has 19 heavy (non-hydrogen) atoms. The third-order valence-electron chi connectivity index (χ3n) is 5.09. The summed E-state index contributed by atoms with van der Waals surface area (Å²) in [5.41, 5.74) is -0.313. The van der Waals surface area contributed by atoms with Gasteiger partial charge in [-0.15, -0.1) is 0 Å². The predicted octanol–water partition coefficient (Wildman–Crippen LogP) is 2.86. The van der Waals surface area contributed by atoms with Crippen molar-refractivity contribution in [1.82, 2.24) is 5.32 Å². The lowest BCUT2D eigenvalue weighted by Gasteiger charge is -2.43. The molecule has 2 fully saturated rings. The summed E-state index contributed by atoms with van der Waals surface area (Å²) < 4.78 is 6.16. The van der Waals surface area contributed by atoms with Crippen LogP contribution in [0.4, 0.5) is 0 Å². The third kappa shape index (κ3) is 3.32. The first-order chi connectivity index (χ1) is 8.68. The van der Waals surface area contributed by atoms with Gasteiger partial charge in [-0.25, -0.2) is 0 Å². The van der Waals surface area contributed by atoms with E-state index in [9.17, 15) is 5.11 Å². The first kappa shape index (κ1) is 15.3. The Morgan fingerprint density at radius 3 is 2.16 bits per heavy atom. The monoisotopic (exact) mass is 269 g/mol. The second kappa shape index (κ2) is 5.01. The lowest BCUT2D eigenvalue weighted by molar-refractivity contribution is -0.0734. The minimum atomic E-state index is -0.158. The zero-order chi connectivity index (χ0) is 14.3. The summed E-state index contributed by atoms with van der Waals surface area (Å²) in [6.07, 6.45) is 5.60. The van der Waals surface area contributed by atoms with E-state index in [0.717, 1.165) is 25.2 Å². The van der Waals surface area contributed by atoms with Crippen LogP contribution in [0.15, 0.2) is 0 Å². The van der Waals surface area contributed by atoms with Gasteiger partial charge in [0.1, 0.15) is 0 Å². The van der Waals surface area contributed by atoms with Crippen molar-refractivity contribution < 1.29 is 9.84 Å². The second-order valence-electron chi connectivity index (χ2n) is 7.99. The summed E-state index contributed by atoms with van der Waals surface area (Å²) in [4.78, 5) is 0. The van der Waals surface area contributed by atoms with Crippen LogP contribution in [0, 0.1) is 5.92 Å². The summed E-state index contributed by atoms with van der Waals surface area (Å²) in [7, 11) is 0. The molecule has 0 aromatic rings. The minimum Gasteiger partial charge on any atom is -0.394 e. The zero-order valence-corrected chi connectivity index (χ0v) is 13.3. The van der Waals surface area contributed by atoms with Gasteiger partial charge in [0.15, 0.2) is 0 Å². The quantitative estimate of drug-likeness (QED) is 0.828. The molecule has 112 valence electrons. The molecule has 1 unspecified atom stereocenters. The van der Waals surface area contributed by atoms with Crippen LogP contribution in [-0.2, 0) is 4.74 Å². The summed E-state index contributed by atoms with van der Waals surface area (Å²) in [6, 6.07) is 0.322. The van der Waals surface area contributed by atoms with Crippen molar-refractivity contribution in [3.05, 3.63) is 0 Å². The van der Waals surface area contributed by atoms with Gasteiger partial charge in [-0.05, 0) is 65.7 Å². The predicted molar refractivity (Wildman–Crippen MR) is 78.2 cm³/mol. The highest BCUT2D eigenvalue weighted by Crippen LogP contribution is 2.40. The van der Waals surface area contributed by atoms with Crippen molar-refractivity contribution in [3.8, 4) is 0 Å². The van der Waals surface area contributed by atoms with Crippen LogP contribution in [0.1, 0.15) is 66.7 Å². The number of hydrogen-bond acceptors (Lipinski definition) is 3. The highest BCUT2D eigenvalue weighted by molar-refractivity contribution is 5.04. The highest BCUT2D eigenvalue weighted by atomic mass is 16.5. The van der Waals surface area contributed by atoms with Crippen LogP contribution in [0.3, 0.4) is 0 Å². The Balaban J connectivity index is 2.06. The molecule has 0 spiro atoms. The molecule has 0 aromatic heterocycles. The number of rotatable bonds is 3. The van der Waals surface area contributed by atoms with E-state index in [1.54, 1.807) is 0 Å². The Labute approximate surface area is 118 Å². The van der Waals surface area contributed by atoms with Gasteiger partial charge in [-0.1, -0.05) is 6.92 Å². The highest BCUT2D eigenvalue weighted by Gasteiger charge is 2.48. The van der Waals surface area contributed by atoms with Gasteiger partial charge in [0.05, 0.1) is 17.8 Å². The largest absolute Gasteiger partial charge is 0.394 e. The standard InChI is InChI=1S/C16H31NO2/c1-12-6-8-16(11-18,9-7-12)17-13-10-14(2,3)19-15(13,4)5/h12-13,17-18H,6-11H2,1-5H3. The van der Waals surface area contributed by atoms with Crippen molar-refractivity contribution >= 4 is 0 Å². The molecule has 1 heterocycles. The summed E-state index contributed by atoms with van der Waals surface area (Å²) in [5, 5.41) is 13.7. The topological polar surface area (TPSA) is 41.5 Å². The number of aliphatic hydroxyl groups is 1. The lowest BCUT2D eigenvalue weighted by atomic mass is 9.76. The molecule has 2 aliphatic rings. The number of nitrogens with one attached hydrogen (secondary N) is 1. The summed E-state index contributed by atoms with van der Waals surface area (Å²) in [5.74, 6) is 0.797. The third-order valence-corrected chi connectivity index (χ3v) is 5.09. The molecule has 3 nitrogen and oxygen atoms in total. The molecular formula is C16H31NO2. The van der Waals surface area contributed by atoms with E-state index in [1.165, 1.54) is 12.8 Å². The van der Waals surface area contributed by atoms with Gasteiger partial charge in [0.25, 0.3) is 0 Å². The molecule has 1 saturated heterocycles. The number of hydrogen-bond donors (Lipinski definition) is 2. The lowest BCUT2D eigenvalue weighted by Crippen LogP contribution is -2.58. The Morgan fingerprint density at radius 2 is 1.74 bits per heavy atom. The second-order valence-corrected chi connectivity index (χ2v) is 7.99. The zero-order valence-electron chi connectivity index (χ0n) is 13.3. The molecule has 1 saturated carbocycles. The average Bonchev–Trinajstić information content (AvgIpc) is 2.50. The molecule has 3 heteroatoms. The van der Waals surface area contributed by atoms with Crippen LogP contribution < -0.4 is 5.32 Å². The van der Waals surface area contributed by atoms with Crippen molar-refractivity contribution in [3.63, 3.8) is 0 Å². The van der Waals surface area contributed by atoms with Crippen LogP contribution in [0.25, 0.3) is 0 Å². The smallest absolute Gasteiger partial charge is 0.0787 e. The normalized spacial score (nSPS) is 41.4. The molecule has 1 atom stereocenters. The SMILES string of the molecule is CC1CCC(CO)(NC2CC(C)(C)OC2(C)C)CC1. The fourth-order valence-corrected chi connectivity index (χ4v) is 3.82. The van der Waals surface area contributed by atoms with E-state index >= 15 is 0 Å². The van der Waals surface area contributed by atoms with Gasteiger partial charge >= 0.3 is 0 Å². The van der Waals surface area contributed by atoms with E-state index in [1.807, 2.05) is 0 Å². The Bertz CT molecular complexity index is 317. The van der Waals surface area contributed by atoms with Gasteiger partial charge < -0.3 is 15.2 Å². The van der Waals surface area contributed by atoms with Crippen LogP contribution >= 0.6 is 0 Å². The Hall–Kier alpha value is -0.120. The van der Waals surface area contributed by atoms with Crippen LogP contribution in [0.5, 0.6) is 0 Å². The van der Waals surface area contributed by atoms with Crippen molar-refractivity contribution in [1.29, 1.82) is 0 Å². The number of aliphatic hydroxyl groups excluding tert-OH is 1. The molecule has 2 N–H and O–H groups in total. The minimum absolute atomic E-state index is 0.0697. The van der Waals surface area contributed by atoms with Crippen LogP contribution in [-0.4, -0.2) is 34.5 Å². The molecule has 1 aliphatic heterocycles. The first-order valence-corrected chi connectivity index (χ1v) is 7.77. The van der Waals surface area contributed by atoms with E-state index in [4.69, 9.17) is 4.74 Å². The van der Waals surface area contributed by atoms with E-state index in [-0.39, 0.29) is 23.3 Å². The average molecular weight is 269 g/mol. The van der Waals surface area contributed by atoms with Crippen molar-refractivity contribution in [2.24, 2.45) is 5.92 Å². The maximum Gasteiger partial charge on any atom is 0.0787 e. The van der Waals surface area contributed by atoms with E-state index in [2.05, 4.69) is 39.9 Å². The summed E-state index contributed by atoms with van der Waals surface area (Å²) >= 11 is 0. The van der Waals surface area contributed by atoms with Gasteiger partial charge in [0, 0.05) is 11.6 Å². The maximum absolute atomic E-state index is 9.89. The molecule has 2 rings (SSSR count). The molecular weight excluding hydrogens is 238 g/mol. The molecule has 0 radical (unpaired) electrons. The fourth-order valence-electron chi connectivity index (χ4n) is 3.82. The fraction of sp³-hybridized carbons (Fsp3) is 1.00. The van der Waals surface area contributed by atoms with Crippen LogP contribution in [0.2, 0.25) is 0 Å². The van der Waals surface area contributed by atoms with Crippen molar-refractivity contribution in [2.45, 2.75) is 89.5 Å². The molecule has 0 aromatic carbocycles. The molecule has 0 bridgehead atoms. The molecule has 1 aliphatic carbocycles. The van der Waals surface area contributed by atoms with Gasteiger partial charge in [0.2, 0.25) is 0 Å². The van der Waals surface area contributed by atoms with E-state index < -0.39 is 0 Å². The maximum atomic E-state index is 9.89. The Morgan fingerprint density at radius 1 is 1.16 bits per heavy atom. The van der Waals surface area contributed by atoms with Crippen molar-refractivity contribution in [2.75, 3.05) is 6.61 Å². The van der Waals surface area contributed by atoms with E-state index in [0.29, 0.717) is 6.04 Å². The van der Waals surface area contributed by atoms with Gasteiger partial charge in [-0.2, -0.15) is 0 Å². The first-order valence-electron chi connectivity index (χ1n) is 7.77. The Kier molecular flexibility index (Phi) is 4.03. The van der Waals surface area contributed by atoms with Gasteiger partial charge in [-0.3, -0.25) is 0 Å².